The first kappa shape index (κ1) is 25.9. The predicted molar refractivity (Wildman–Crippen MR) is 154 cm³/mol. The monoisotopic (exact) mass is 531 g/mol. The smallest absolute Gasteiger partial charge is 0.412 e. The fraction of sp³-hybridized carbons (Fsp3) is 0.333. The SMILES string of the molecule is CC1CCCN(Sc2ccc3c(c2)C(=N)c2cc(Sc4ccc(NC(=O)OC(C)(C)C)cc4)ccc2-3)C1. The first-order valence-corrected chi connectivity index (χ1v) is 14.3. The fourth-order valence-electron chi connectivity index (χ4n) is 4.74. The highest BCUT2D eigenvalue weighted by Crippen LogP contribution is 2.41. The second-order valence-corrected chi connectivity index (χ2v) is 13.1. The number of benzene rings is 3. The van der Waals surface area contributed by atoms with Crippen molar-refractivity contribution in [1.82, 2.24) is 4.31 Å². The van der Waals surface area contributed by atoms with Gasteiger partial charge in [0, 0.05) is 44.6 Å². The lowest BCUT2D eigenvalue weighted by Crippen LogP contribution is -2.28. The maximum absolute atomic E-state index is 12.0. The van der Waals surface area contributed by atoms with E-state index in [1.807, 2.05) is 57.0 Å². The average Bonchev–Trinajstić information content (AvgIpc) is 3.10. The van der Waals surface area contributed by atoms with Crippen LogP contribution in [0.3, 0.4) is 0 Å². The summed E-state index contributed by atoms with van der Waals surface area (Å²) in [5.41, 5.74) is 5.03. The summed E-state index contributed by atoms with van der Waals surface area (Å²) in [5, 5.41) is 11.7. The van der Waals surface area contributed by atoms with Gasteiger partial charge >= 0.3 is 6.09 Å². The van der Waals surface area contributed by atoms with Crippen molar-refractivity contribution < 1.29 is 9.53 Å². The molecule has 1 atom stereocenters. The molecule has 0 bridgehead atoms. The topological polar surface area (TPSA) is 65.4 Å². The van der Waals surface area contributed by atoms with Crippen LogP contribution in [0.15, 0.2) is 75.4 Å². The highest BCUT2D eigenvalue weighted by Gasteiger charge is 2.25. The summed E-state index contributed by atoms with van der Waals surface area (Å²) in [4.78, 5) is 15.4. The Bertz CT molecular complexity index is 1330. The number of carbonyl (C=O) groups excluding carboxylic acids is 1. The van der Waals surface area contributed by atoms with Crippen molar-refractivity contribution in [1.29, 1.82) is 5.41 Å². The molecule has 0 radical (unpaired) electrons. The van der Waals surface area contributed by atoms with Gasteiger partial charge in [0.1, 0.15) is 5.60 Å². The molecule has 2 N–H and O–H groups in total. The number of nitrogens with zero attached hydrogens (tertiary/aromatic N) is 1. The van der Waals surface area contributed by atoms with Crippen molar-refractivity contribution in [2.75, 3.05) is 18.4 Å². The predicted octanol–water partition coefficient (Wildman–Crippen LogP) is 8.32. The molecule has 1 aliphatic carbocycles. The fourth-order valence-corrected chi connectivity index (χ4v) is 6.74. The molecule has 192 valence electrons. The standard InChI is InChI=1S/C30H33N3O2S2/c1-19-6-5-15-33(18-19)37-23-12-14-25-24-13-11-22(16-26(24)28(31)27(25)17-23)36-21-9-7-20(8-10-21)32-29(34)35-30(2,3)4/h7-14,16-17,19,31H,5-6,15,18H2,1-4H3,(H,32,34). The molecule has 5 nitrogen and oxygen atoms in total. The van der Waals surface area contributed by atoms with Crippen LogP contribution in [-0.2, 0) is 4.74 Å². The number of carbonyl (C=O) groups is 1. The number of anilines is 1. The van der Waals surface area contributed by atoms with Crippen molar-refractivity contribution >= 4 is 41.2 Å². The Balaban J connectivity index is 1.26. The Morgan fingerprint density at radius 3 is 2.22 bits per heavy atom. The number of hydrogen-bond donors (Lipinski definition) is 2. The Morgan fingerprint density at radius 2 is 1.57 bits per heavy atom. The lowest BCUT2D eigenvalue weighted by Gasteiger charge is -2.29. The van der Waals surface area contributed by atoms with Gasteiger partial charge in [0.25, 0.3) is 0 Å². The van der Waals surface area contributed by atoms with Crippen molar-refractivity contribution in [3.8, 4) is 11.1 Å². The van der Waals surface area contributed by atoms with E-state index in [4.69, 9.17) is 10.1 Å². The van der Waals surface area contributed by atoms with Crippen LogP contribution >= 0.6 is 23.7 Å². The summed E-state index contributed by atoms with van der Waals surface area (Å²) in [5.74, 6) is 0.742. The van der Waals surface area contributed by atoms with E-state index in [-0.39, 0.29) is 0 Å². The third-order valence-electron chi connectivity index (χ3n) is 6.40. The van der Waals surface area contributed by atoms with Gasteiger partial charge in [-0.3, -0.25) is 10.7 Å². The molecule has 1 aliphatic heterocycles. The largest absolute Gasteiger partial charge is 0.444 e. The maximum atomic E-state index is 12.0. The lowest BCUT2D eigenvalue weighted by atomic mass is 10.0. The summed E-state index contributed by atoms with van der Waals surface area (Å²) in [6.07, 6.45) is 2.11. The number of piperidine rings is 1. The van der Waals surface area contributed by atoms with Crippen molar-refractivity contribution in [3.63, 3.8) is 0 Å². The third kappa shape index (κ3) is 6.22. The van der Waals surface area contributed by atoms with Gasteiger partial charge in [0.05, 0.1) is 5.71 Å². The first-order valence-electron chi connectivity index (χ1n) is 12.7. The molecule has 1 amide bonds. The first-order chi connectivity index (χ1) is 17.6. The van der Waals surface area contributed by atoms with Gasteiger partial charge in [0.2, 0.25) is 0 Å². The number of amides is 1. The van der Waals surface area contributed by atoms with Gasteiger partial charge < -0.3 is 4.74 Å². The molecule has 0 spiro atoms. The molecule has 0 aromatic heterocycles. The number of nitrogens with one attached hydrogen (secondary N) is 2. The summed E-state index contributed by atoms with van der Waals surface area (Å²) in [6, 6.07) is 20.6. The minimum absolute atomic E-state index is 0.461. The molecule has 1 saturated heterocycles. The molecule has 5 rings (SSSR count). The van der Waals surface area contributed by atoms with E-state index in [9.17, 15) is 4.79 Å². The van der Waals surface area contributed by atoms with E-state index in [2.05, 4.69) is 52.9 Å². The Labute approximate surface area is 228 Å². The van der Waals surface area contributed by atoms with Gasteiger partial charge in [-0.25, -0.2) is 9.10 Å². The average molecular weight is 532 g/mol. The second kappa shape index (κ2) is 10.6. The van der Waals surface area contributed by atoms with Gasteiger partial charge in [-0.05, 0) is 111 Å². The zero-order valence-corrected chi connectivity index (χ0v) is 23.4. The van der Waals surface area contributed by atoms with Crippen LogP contribution in [0, 0.1) is 11.3 Å². The van der Waals surface area contributed by atoms with Crippen LogP contribution in [0.4, 0.5) is 10.5 Å². The van der Waals surface area contributed by atoms with E-state index < -0.39 is 11.7 Å². The minimum Gasteiger partial charge on any atom is -0.444 e. The van der Waals surface area contributed by atoms with Gasteiger partial charge in [-0.2, -0.15) is 0 Å². The zero-order valence-electron chi connectivity index (χ0n) is 21.8. The number of ether oxygens (including phenoxy) is 1. The van der Waals surface area contributed by atoms with E-state index in [1.54, 1.807) is 11.8 Å². The van der Waals surface area contributed by atoms with Gasteiger partial charge in [0.15, 0.2) is 0 Å². The molecular weight excluding hydrogens is 498 g/mol. The lowest BCUT2D eigenvalue weighted by molar-refractivity contribution is 0.0636. The maximum Gasteiger partial charge on any atom is 0.412 e. The second-order valence-electron chi connectivity index (χ2n) is 10.8. The molecule has 7 heteroatoms. The number of rotatable bonds is 5. The van der Waals surface area contributed by atoms with Crippen molar-refractivity contribution in [2.45, 2.75) is 60.8 Å². The highest BCUT2D eigenvalue weighted by molar-refractivity contribution is 7.99. The van der Waals surface area contributed by atoms with Crippen LogP contribution in [0.2, 0.25) is 0 Å². The molecule has 1 fully saturated rings. The molecule has 2 aliphatic rings. The molecule has 3 aromatic carbocycles. The van der Waals surface area contributed by atoms with E-state index in [1.165, 1.54) is 17.7 Å². The van der Waals surface area contributed by atoms with Crippen LogP contribution in [0.25, 0.3) is 11.1 Å². The Morgan fingerprint density at radius 1 is 0.946 bits per heavy atom. The van der Waals surface area contributed by atoms with Crippen molar-refractivity contribution in [3.05, 3.63) is 71.8 Å². The zero-order chi connectivity index (χ0) is 26.2. The summed E-state index contributed by atoms with van der Waals surface area (Å²) < 4.78 is 7.78. The summed E-state index contributed by atoms with van der Waals surface area (Å²) >= 11 is 3.47. The normalized spacial score (nSPS) is 17.3. The van der Waals surface area contributed by atoms with E-state index in [0.717, 1.165) is 51.1 Å². The molecular formula is C30H33N3O2S2. The molecule has 3 aromatic rings. The third-order valence-corrected chi connectivity index (χ3v) is 8.45. The van der Waals surface area contributed by atoms with Crippen LogP contribution < -0.4 is 5.32 Å². The van der Waals surface area contributed by atoms with E-state index >= 15 is 0 Å². The van der Waals surface area contributed by atoms with Crippen LogP contribution in [0.5, 0.6) is 0 Å². The van der Waals surface area contributed by atoms with Gasteiger partial charge in [-0.15, -0.1) is 0 Å². The molecule has 1 unspecified atom stereocenters. The Kier molecular flexibility index (Phi) is 7.39. The Hall–Kier alpha value is -2.74. The number of hydrogen-bond acceptors (Lipinski definition) is 6. The molecule has 1 heterocycles. The number of fused-ring (bicyclic) bond motifs is 3. The highest BCUT2D eigenvalue weighted by atomic mass is 32.2. The van der Waals surface area contributed by atoms with Crippen LogP contribution in [-0.4, -0.2) is 34.8 Å². The quantitative estimate of drug-likeness (QED) is 0.254. The van der Waals surface area contributed by atoms with Gasteiger partial charge in [-0.1, -0.05) is 30.8 Å². The molecule has 0 saturated carbocycles. The molecule has 37 heavy (non-hydrogen) atoms. The summed E-state index contributed by atoms with van der Waals surface area (Å²) in [7, 11) is 0. The van der Waals surface area contributed by atoms with Crippen molar-refractivity contribution in [2.24, 2.45) is 5.92 Å². The van der Waals surface area contributed by atoms with E-state index in [0.29, 0.717) is 11.4 Å². The minimum atomic E-state index is -0.534. The van der Waals surface area contributed by atoms with Crippen LogP contribution in [0.1, 0.15) is 51.7 Å². The summed E-state index contributed by atoms with van der Waals surface area (Å²) in [6.45, 7) is 10.1.